The summed E-state index contributed by atoms with van der Waals surface area (Å²) in [6, 6.07) is 20.8. The van der Waals surface area contributed by atoms with Crippen molar-refractivity contribution in [2.24, 2.45) is 4.99 Å². The molecule has 3 aromatic rings. The molecule has 4 rings (SSSR count). The highest BCUT2D eigenvalue weighted by atomic mass is 19.1. The van der Waals surface area contributed by atoms with Gasteiger partial charge in [0, 0.05) is 0 Å². The summed E-state index contributed by atoms with van der Waals surface area (Å²) in [5, 5.41) is 0. The number of halogens is 2. The van der Waals surface area contributed by atoms with E-state index in [9.17, 15) is 13.6 Å². The second kappa shape index (κ2) is 6.96. The molecule has 0 aliphatic carbocycles. The van der Waals surface area contributed by atoms with Gasteiger partial charge in [-0.25, -0.2) is 13.8 Å². The van der Waals surface area contributed by atoms with Gasteiger partial charge in [-0.3, -0.25) is 9.69 Å². The molecule has 1 aliphatic heterocycles. The van der Waals surface area contributed by atoms with Crippen molar-refractivity contribution >= 4 is 23.5 Å². The molecule has 3 nitrogen and oxygen atoms in total. The molecular weight excluding hydrogens is 346 g/mol. The average molecular weight is 360 g/mol. The number of hydrogen-bond donors (Lipinski definition) is 0. The Morgan fingerprint density at radius 2 is 1.48 bits per heavy atom. The van der Waals surface area contributed by atoms with E-state index in [2.05, 4.69) is 4.99 Å². The van der Waals surface area contributed by atoms with Crippen molar-refractivity contribution in [3.63, 3.8) is 0 Å². The zero-order chi connectivity index (χ0) is 18.8. The van der Waals surface area contributed by atoms with Gasteiger partial charge in [-0.05, 0) is 48.0 Å². The molecule has 1 aliphatic rings. The summed E-state index contributed by atoms with van der Waals surface area (Å²) in [5.41, 5.74) is 1.61. The van der Waals surface area contributed by atoms with Crippen molar-refractivity contribution in [2.75, 3.05) is 4.90 Å². The molecule has 0 N–H and O–H groups in total. The van der Waals surface area contributed by atoms with Crippen molar-refractivity contribution in [3.8, 4) is 0 Å². The minimum absolute atomic E-state index is 0.173. The summed E-state index contributed by atoms with van der Waals surface area (Å²) in [7, 11) is 0. The Morgan fingerprint density at radius 3 is 2.19 bits per heavy atom. The van der Waals surface area contributed by atoms with E-state index in [1.54, 1.807) is 24.3 Å². The second-order valence-corrected chi connectivity index (χ2v) is 5.97. The maximum atomic E-state index is 14.4. The summed E-state index contributed by atoms with van der Waals surface area (Å²) in [6.07, 6.45) is 1.65. The van der Waals surface area contributed by atoms with Crippen molar-refractivity contribution in [3.05, 3.63) is 107 Å². The van der Waals surface area contributed by atoms with Gasteiger partial charge in [0.15, 0.2) is 5.84 Å². The molecule has 1 amide bonds. The molecule has 0 unspecified atom stereocenters. The van der Waals surface area contributed by atoms with Gasteiger partial charge < -0.3 is 0 Å². The van der Waals surface area contributed by atoms with Crippen LogP contribution in [0.15, 0.2) is 89.6 Å². The van der Waals surface area contributed by atoms with E-state index in [0.29, 0.717) is 5.69 Å². The van der Waals surface area contributed by atoms with Crippen molar-refractivity contribution in [1.82, 2.24) is 0 Å². The maximum absolute atomic E-state index is 14.4. The minimum Gasteiger partial charge on any atom is -0.266 e. The van der Waals surface area contributed by atoms with Crippen LogP contribution in [0.5, 0.6) is 0 Å². The first-order valence-electron chi connectivity index (χ1n) is 8.34. The summed E-state index contributed by atoms with van der Waals surface area (Å²) in [5.74, 6) is -1.14. The number of anilines is 1. The zero-order valence-corrected chi connectivity index (χ0v) is 14.1. The van der Waals surface area contributed by atoms with Gasteiger partial charge in [0.05, 0.1) is 11.3 Å². The predicted molar refractivity (Wildman–Crippen MR) is 101 cm³/mol. The van der Waals surface area contributed by atoms with E-state index in [1.807, 2.05) is 30.3 Å². The van der Waals surface area contributed by atoms with Gasteiger partial charge in [-0.1, -0.05) is 42.5 Å². The largest absolute Gasteiger partial charge is 0.282 e. The molecule has 132 valence electrons. The minimum atomic E-state index is -0.489. The van der Waals surface area contributed by atoms with Gasteiger partial charge in [-0.2, -0.15) is 0 Å². The van der Waals surface area contributed by atoms with Crippen LogP contribution in [0.4, 0.5) is 14.5 Å². The van der Waals surface area contributed by atoms with Crippen LogP contribution in [0, 0.1) is 11.6 Å². The Bertz CT molecular complexity index is 1060. The van der Waals surface area contributed by atoms with Crippen LogP contribution in [0.2, 0.25) is 0 Å². The summed E-state index contributed by atoms with van der Waals surface area (Å²) < 4.78 is 27.7. The Balaban J connectivity index is 1.85. The first-order valence-corrected chi connectivity index (χ1v) is 8.34. The molecule has 0 aromatic heterocycles. The topological polar surface area (TPSA) is 32.7 Å². The number of nitrogens with zero attached hydrogens (tertiary/aromatic N) is 2. The molecule has 0 fully saturated rings. The van der Waals surface area contributed by atoms with Gasteiger partial charge in [0.2, 0.25) is 0 Å². The fourth-order valence-corrected chi connectivity index (χ4v) is 2.88. The van der Waals surface area contributed by atoms with E-state index in [0.717, 1.165) is 5.56 Å². The summed E-state index contributed by atoms with van der Waals surface area (Å²) in [6.45, 7) is 0. The zero-order valence-electron chi connectivity index (χ0n) is 14.1. The van der Waals surface area contributed by atoms with Crippen LogP contribution >= 0.6 is 0 Å². The second-order valence-electron chi connectivity index (χ2n) is 5.97. The number of carbonyl (C=O) groups is 1. The van der Waals surface area contributed by atoms with E-state index in [-0.39, 0.29) is 17.1 Å². The fourth-order valence-electron chi connectivity index (χ4n) is 2.88. The van der Waals surface area contributed by atoms with Crippen LogP contribution in [-0.2, 0) is 4.79 Å². The molecule has 27 heavy (non-hydrogen) atoms. The van der Waals surface area contributed by atoms with E-state index >= 15 is 0 Å². The average Bonchev–Trinajstić information content (AvgIpc) is 3.00. The highest BCUT2D eigenvalue weighted by Gasteiger charge is 2.33. The molecule has 1 heterocycles. The Labute approximate surface area is 154 Å². The van der Waals surface area contributed by atoms with Crippen molar-refractivity contribution in [1.29, 1.82) is 0 Å². The first-order chi connectivity index (χ1) is 13.1. The molecular formula is C22H14F2N2O. The normalized spacial score (nSPS) is 15.3. The third kappa shape index (κ3) is 3.27. The third-order valence-corrected chi connectivity index (χ3v) is 4.16. The lowest BCUT2D eigenvalue weighted by atomic mass is 10.1. The number of hydrogen-bond acceptors (Lipinski definition) is 2. The Kier molecular flexibility index (Phi) is 4.34. The lowest BCUT2D eigenvalue weighted by molar-refractivity contribution is -0.113. The van der Waals surface area contributed by atoms with E-state index in [4.69, 9.17) is 0 Å². The molecule has 0 spiro atoms. The molecule has 3 aromatic carbocycles. The molecule has 5 heteroatoms. The lowest BCUT2D eigenvalue weighted by Crippen LogP contribution is -2.33. The predicted octanol–water partition coefficient (Wildman–Crippen LogP) is 4.80. The standard InChI is InChI=1S/C22H14F2N2O/c23-16-10-12-17(13-11-16)26-21(18-8-4-5-9-19(18)24)25-20(22(26)27)14-15-6-2-1-3-7-15/h1-14H/b20-14+. The van der Waals surface area contributed by atoms with Crippen LogP contribution in [-0.4, -0.2) is 11.7 Å². The summed E-state index contributed by atoms with van der Waals surface area (Å²) in [4.78, 5) is 18.7. The number of amidine groups is 1. The van der Waals surface area contributed by atoms with Crippen molar-refractivity contribution < 1.29 is 13.6 Å². The van der Waals surface area contributed by atoms with Gasteiger partial charge in [-0.15, -0.1) is 0 Å². The van der Waals surface area contributed by atoms with Crippen LogP contribution in [0.25, 0.3) is 6.08 Å². The molecule has 0 bridgehead atoms. The highest BCUT2D eigenvalue weighted by molar-refractivity contribution is 6.33. The number of carbonyl (C=O) groups excluding carboxylic acids is 1. The van der Waals surface area contributed by atoms with Gasteiger partial charge in [0.25, 0.3) is 5.91 Å². The molecule has 0 saturated heterocycles. The van der Waals surface area contributed by atoms with Crippen molar-refractivity contribution in [2.45, 2.75) is 0 Å². The van der Waals surface area contributed by atoms with Crippen LogP contribution in [0.1, 0.15) is 11.1 Å². The third-order valence-electron chi connectivity index (χ3n) is 4.16. The lowest BCUT2D eigenvalue weighted by Gasteiger charge is -2.18. The Hall–Kier alpha value is -3.60. The number of rotatable bonds is 3. The quantitative estimate of drug-likeness (QED) is 0.618. The molecule has 0 atom stereocenters. The van der Waals surface area contributed by atoms with Crippen LogP contribution < -0.4 is 4.90 Å². The highest BCUT2D eigenvalue weighted by Crippen LogP contribution is 2.28. The smallest absolute Gasteiger partial charge is 0.266 e. The monoisotopic (exact) mass is 360 g/mol. The number of aliphatic imine (C=N–C) groups is 1. The number of amides is 1. The fraction of sp³-hybridized carbons (Fsp3) is 0. The number of benzene rings is 3. The maximum Gasteiger partial charge on any atom is 0.282 e. The summed E-state index contributed by atoms with van der Waals surface area (Å²) >= 11 is 0. The first kappa shape index (κ1) is 16.8. The van der Waals surface area contributed by atoms with E-state index in [1.165, 1.54) is 35.2 Å². The SMILES string of the molecule is O=C1/C(=C\c2ccccc2)N=C(c2ccccc2F)N1c1ccc(F)cc1. The Morgan fingerprint density at radius 1 is 0.815 bits per heavy atom. The van der Waals surface area contributed by atoms with Gasteiger partial charge >= 0.3 is 0 Å². The molecule has 0 saturated carbocycles. The van der Waals surface area contributed by atoms with Crippen LogP contribution in [0.3, 0.4) is 0 Å². The molecule has 0 radical (unpaired) electrons. The van der Waals surface area contributed by atoms with Gasteiger partial charge in [0.1, 0.15) is 17.3 Å². The van der Waals surface area contributed by atoms with E-state index < -0.39 is 17.5 Å².